The highest BCUT2D eigenvalue weighted by atomic mass is 16.5. The van der Waals surface area contributed by atoms with E-state index in [-0.39, 0.29) is 22.5 Å². The molecule has 2 N–H and O–H groups in total. The molecule has 1 aromatic heterocycles. The molecule has 0 fully saturated rings. The predicted octanol–water partition coefficient (Wildman–Crippen LogP) is 1.87. The number of fused-ring (bicyclic) bond motifs is 1. The quantitative estimate of drug-likeness (QED) is 0.640. The second-order valence-corrected chi connectivity index (χ2v) is 3.99. The molecule has 0 saturated heterocycles. The summed E-state index contributed by atoms with van der Waals surface area (Å²) in [7, 11) is 0. The van der Waals surface area contributed by atoms with Gasteiger partial charge in [0.15, 0.2) is 12.4 Å². The number of carboxylic acid groups (broad SMARTS) is 1. The average molecular weight is 292 g/mol. The smallest absolute Gasteiger partial charge is 0.383 e. The molecular weight excluding hydrogens is 280 g/mol. The second-order valence-electron chi connectivity index (χ2n) is 3.99. The number of benzene rings is 1. The van der Waals surface area contributed by atoms with E-state index in [1.165, 1.54) is 30.5 Å². The molecule has 1 aromatic carbocycles. The van der Waals surface area contributed by atoms with Gasteiger partial charge in [0.1, 0.15) is 11.3 Å². The van der Waals surface area contributed by atoms with Gasteiger partial charge in [0, 0.05) is 0 Å². The number of ether oxygens (including phenoxy) is 2. The number of hydrogen-bond donors (Lipinski definition) is 2. The van der Waals surface area contributed by atoms with E-state index in [0.29, 0.717) is 0 Å². The molecule has 0 saturated carbocycles. The fourth-order valence-electron chi connectivity index (χ4n) is 1.62. The van der Waals surface area contributed by atoms with E-state index >= 15 is 0 Å². The Morgan fingerprint density at radius 1 is 1.43 bits per heavy atom. The van der Waals surface area contributed by atoms with E-state index in [2.05, 4.69) is 0 Å². The highest BCUT2D eigenvalue weighted by Crippen LogP contribution is 2.33. The zero-order chi connectivity index (χ0) is 15.4. The first-order valence-electron chi connectivity index (χ1n) is 5.95. The molecule has 1 heterocycles. The van der Waals surface area contributed by atoms with Crippen molar-refractivity contribution in [3.63, 3.8) is 0 Å². The molecule has 2 rings (SSSR count). The zero-order valence-corrected chi connectivity index (χ0v) is 11.0. The molecule has 0 atom stereocenters. The van der Waals surface area contributed by atoms with Crippen LogP contribution in [0.2, 0.25) is 0 Å². The third-order valence-corrected chi connectivity index (χ3v) is 2.49. The average Bonchev–Trinajstić information content (AvgIpc) is 2.45. The van der Waals surface area contributed by atoms with Gasteiger partial charge in [-0.2, -0.15) is 0 Å². The Labute approximate surface area is 118 Å². The summed E-state index contributed by atoms with van der Waals surface area (Å²) < 4.78 is 15.0. The summed E-state index contributed by atoms with van der Waals surface area (Å²) >= 11 is 0. The van der Waals surface area contributed by atoms with Crippen molar-refractivity contribution < 1.29 is 28.9 Å². The van der Waals surface area contributed by atoms with Gasteiger partial charge in [-0.15, -0.1) is 0 Å². The number of rotatable bonds is 5. The lowest BCUT2D eigenvalue weighted by atomic mass is 10.2. The van der Waals surface area contributed by atoms with E-state index in [9.17, 15) is 14.7 Å². The van der Waals surface area contributed by atoms with Crippen LogP contribution in [0.25, 0.3) is 11.0 Å². The van der Waals surface area contributed by atoms with Crippen LogP contribution in [-0.4, -0.2) is 22.8 Å². The molecule has 110 valence electrons. The van der Waals surface area contributed by atoms with Crippen LogP contribution in [0.15, 0.2) is 39.7 Å². The Morgan fingerprint density at radius 3 is 2.86 bits per heavy atom. The van der Waals surface area contributed by atoms with Gasteiger partial charge < -0.3 is 24.1 Å². The van der Waals surface area contributed by atoms with Crippen LogP contribution in [0.4, 0.5) is 0 Å². The Morgan fingerprint density at radius 2 is 2.19 bits per heavy atom. The van der Waals surface area contributed by atoms with Gasteiger partial charge in [0.25, 0.3) is 5.75 Å². The maximum atomic E-state index is 11.7. The van der Waals surface area contributed by atoms with E-state index in [0.717, 1.165) is 0 Å². The zero-order valence-electron chi connectivity index (χ0n) is 11.0. The van der Waals surface area contributed by atoms with E-state index in [4.69, 9.17) is 19.0 Å². The number of allylic oxidation sites excluding steroid dienone is 1. The summed E-state index contributed by atoms with van der Waals surface area (Å²) in [4.78, 5) is 22.1. The van der Waals surface area contributed by atoms with Crippen LogP contribution >= 0.6 is 0 Å². The largest absolute Gasteiger partial charge is 0.504 e. The van der Waals surface area contributed by atoms with Crippen molar-refractivity contribution in [1.29, 1.82) is 0 Å². The van der Waals surface area contributed by atoms with E-state index in [1.54, 1.807) is 6.92 Å². The highest BCUT2D eigenvalue weighted by molar-refractivity contribution is 5.86. The standard InChI is InChI=1S/C14H12O7/c1-2-5-19-13-12(17)9-6-8(20-7-11(15)16)3-4-10(9)21-14(13)18/h2-6,17H,7H2,1H3,(H,15,16). The molecule has 21 heavy (non-hydrogen) atoms. The number of aliphatic carboxylic acids is 1. The SMILES string of the molecule is CC=COc1c(O)c2cc(OCC(=O)O)ccc2oc1=O. The van der Waals surface area contributed by atoms with Crippen molar-refractivity contribution in [2.24, 2.45) is 0 Å². The van der Waals surface area contributed by atoms with Gasteiger partial charge in [0.2, 0.25) is 0 Å². The van der Waals surface area contributed by atoms with Gasteiger partial charge >= 0.3 is 11.6 Å². The number of carbonyl (C=O) groups is 1. The van der Waals surface area contributed by atoms with Gasteiger partial charge in [-0.1, -0.05) is 6.08 Å². The lowest BCUT2D eigenvalue weighted by Gasteiger charge is -2.07. The third kappa shape index (κ3) is 3.14. The monoisotopic (exact) mass is 292 g/mol. The van der Waals surface area contributed by atoms with Crippen molar-refractivity contribution >= 4 is 16.9 Å². The minimum absolute atomic E-state index is 0.132. The molecular formula is C14H12O7. The molecule has 0 aliphatic carbocycles. The van der Waals surface area contributed by atoms with E-state index in [1.807, 2.05) is 0 Å². The van der Waals surface area contributed by atoms with E-state index < -0.39 is 24.0 Å². The first-order chi connectivity index (χ1) is 10.0. The van der Waals surface area contributed by atoms with Crippen molar-refractivity contribution in [1.82, 2.24) is 0 Å². The minimum Gasteiger partial charge on any atom is -0.504 e. The summed E-state index contributed by atoms with van der Waals surface area (Å²) in [6, 6.07) is 4.19. The molecule has 0 amide bonds. The fraction of sp³-hybridized carbons (Fsp3) is 0.143. The fourth-order valence-corrected chi connectivity index (χ4v) is 1.62. The Balaban J connectivity index is 2.49. The predicted molar refractivity (Wildman–Crippen MR) is 72.7 cm³/mol. The molecule has 0 bridgehead atoms. The van der Waals surface area contributed by atoms with Crippen LogP contribution in [0.3, 0.4) is 0 Å². The number of hydrogen-bond acceptors (Lipinski definition) is 6. The summed E-state index contributed by atoms with van der Waals surface area (Å²) in [5.41, 5.74) is -0.690. The van der Waals surface area contributed by atoms with Gasteiger partial charge in [0.05, 0.1) is 11.6 Å². The maximum absolute atomic E-state index is 11.7. The molecule has 0 radical (unpaired) electrons. The van der Waals surface area contributed by atoms with Crippen LogP contribution in [-0.2, 0) is 4.79 Å². The van der Waals surface area contributed by atoms with Crippen LogP contribution < -0.4 is 15.1 Å². The van der Waals surface area contributed by atoms with Crippen molar-refractivity contribution in [2.75, 3.05) is 6.61 Å². The molecule has 0 aliphatic rings. The van der Waals surface area contributed by atoms with Crippen molar-refractivity contribution in [3.8, 4) is 17.2 Å². The normalized spacial score (nSPS) is 10.9. The van der Waals surface area contributed by atoms with Crippen LogP contribution in [0.5, 0.6) is 17.2 Å². The van der Waals surface area contributed by atoms with Gasteiger partial charge in [-0.25, -0.2) is 9.59 Å². The molecule has 7 heteroatoms. The summed E-state index contributed by atoms with van der Waals surface area (Å²) in [6.45, 7) is 1.16. The first kappa shape index (κ1) is 14.4. The lowest BCUT2D eigenvalue weighted by molar-refractivity contribution is -0.139. The molecule has 0 aliphatic heterocycles. The summed E-state index contributed by atoms with van der Waals surface area (Å²) in [5.74, 6) is -1.67. The van der Waals surface area contributed by atoms with Gasteiger partial charge in [-0.05, 0) is 25.1 Å². The Kier molecular flexibility index (Phi) is 4.13. The third-order valence-electron chi connectivity index (χ3n) is 2.49. The molecule has 0 spiro atoms. The van der Waals surface area contributed by atoms with Crippen LogP contribution in [0.1, 0.15) is 6.92 Å². The Hall–Kier alpha value is -2.96. The summed E-state index contributed by atoms with van der Waals surface area (Å²) in [6.07, 6.45) is 2.76. The Bertz CT molecular complexity index is 758. The molecule has 7 nitrogen and oxygen atoms in total. The van der Waals surface area contributed by atoms with Crippen molar-refractivity contribution in [3.05, 3.63) is 41.0 Å². The first-order valence-corrected chi connectivity index (χ1v) is 5.95. The number of carboxylic acids is 1. The minimum atomic E-state index is -1.13. The molecule has 2 aromatic rings. The summed E-state index contributed by atoms with van der Waals surface area (Å²) in [5, 5.41) is 18.8. The van der Waals surface area contributed by atoms with Crippen molar-refractivity contribution in [2.45, 2.75) is 6.92 Å². The molecule has 0 unspecified atom stereocenters. The number of aromatic hydroxyl groups is 1. The van der Waals surface area contributed by atoms with Gasteiger partial charge in [-0.3, -0.25) is 0 Å². The topological polar surface area (TPSA) is 106 Å². The maximum Gasteiger partial charge on any atom is 0.383 e. The lowest BCUT2D eigenvalue weighted by Crippen LogP contribution is -2.09. The van der Waals surface area contributed by atoms with Crippen LogP contribution in [0, 0.1) is 0 Å². The second kappa shape index (κ2) is 6.00. The highest BCUT2D eigenvalue weighted by Gasteiger charge is 2.15.